The normalized spacial score (nSPS) is 13.5. The molecule has 1 aliphatic heterocycles. The number of aromatic nitrogens is 3. The van der Waals surface area contributed by atoms with Gasteiger partial charge in [-0.15, -0.1) is 0 Å². The van der Waals surface area contributed by atoms with E-state index in [4.69, 9.17) is 9.47 Å². The van der Waals surface area contributed by atoms with Crippen molar-refractivity contribution in [1.29, 1.82) is 0 Å². The minimum Gasteiger partial charge on any atom is -0.488 e. The smallest absolute Gasteiger partial charge is 0.250 e. The Labute approximate surface area is 214 Å². The maximum atomic E-state index is 14.0. The zero-order valence-electron chi connectivity index (χ0n) is 20.0. The third-order valence-electron chi connectivity index (χ3n) is 5.58. The van der Waals surface area contributed by atoms with Crippen LogP contribution in [0.25, 0.3) is 0 Å². The molecule has 2 heterocycles. The molecule has 10 heteroatoms. The van der Waals surface area contributed by atoms with E-state index >= 15 is 0 Å². The summed E-state index contributed by atoms with van der Waals surface area (Å²) in [4.78, 5) is 15.7. The summed E-state index contributed by atoms with van der Waals surface area (Å²) in [6.07, 6.45) is 1.61. The Morgan fingerprint density at radius 2 is 1.62 bits per heavy atom. The third kappa shape index (κ3) is 6.56. The number of ether oxygens (including phenoxy) is 2. The molecule has 37 heavy (non-hydrogen) atoms. The molecule has 0 aliphatic carbocycles. The van der Waals surface area contributed by atoms with Crippen LogP contribution in [-0.4, -0.2) is 47.5 Å². The molecule has 0 unspecified atom stereocenters. The number of nitrogens with one attached hydrogen (secondary N) is 2. The maximum absolute atomic E-state index is 14.0. The van der Waals surface area contributed by atoms with E-state index in [2.05, 4.69) is 30.8 Å². The zero-order chi connectivity index (χ0) is 25.3. The number of benzene rings is 3. The fraction of sp³-hybridized carbons (Fsp3) is 0.185. The first-order valence-corrected chi connectivity index (χ1v) is 11.9. The van der Waals surface area contributed by atoms with E-state index in [0.29, 0.717) is 49.5 Å². The Morgan fingerprint density at radius 1 is 0.892 bits per heavy atom. The summed E-state index contributed by atoms with van der Waals surface area (Å²) in [5, 5.41) is 7.54. The van der Waals surface area contributed by atoms with Crippen molar-refractivity contribution in [2.24, 2.45) is 5.10 Å². The predicted molar refractivity (Wildman–Crippen MR) is 141 cm³/mol. The number of morpholine rings is 1. The van der Waals surface area contributed by atoms with E-state index in [9.17, 15) is 4.39 Å². The van der Waals surface area contributed by atoms with Crippen LogP contribution in [0.4, 0.5) is 27.9 Å². The summed E-state index contributed by atoms with van der Waals surface area (Å²) in [6.45, 7) is 2.69. The second-order valence-electron chi connectivity index (χ2n) is 8.16. The summed E-state index contributed by atoms with van der Waals surface area (Å²) in [5.41, 5.74) is 4.96. The van der Waals surface area contributed by atoms with Gasteiger partial charge in [-0.05, 0) is 30.3 Å². The lowest BCUT2D eigenvalue weighted by Crippen LogP contribution is -2.37. The van der Waals surface area contributed by atoms with E-state index in [0.717, 1.165) is 11.3 Å². The quantitative estimate of drug-likeness (QED) is 0.255. The van der Waals surface area contributed by atoms with Crippen molar-refractivity contribution in [1.82, 2.24) is 15.0 Å². The van der Waals surface area contributed by atoms with Crippen LogP contribution < -0.4 is 20.4 Å². The van der Waals surface area contributed by atoms with E-state index in [1.54, 1.807) is 24.4 Å². The van der Waals surface area contributed by atoms with E-state index in [1.807, 2.05) is 59.5 Å². The highest BCUT2D eigenvalue weighted by Crippen LogP contribution is 2.20. The molecule has 0 radical (unpaired) electrons. The largest absolute Gasteiger partial charge is 0.488 e. The molecule has 2 N–H and O–H groups in total. The van der Waals surface area contributed by atoms with Gasteiger partial charge in [0, 0.05) is 29.9 Å². The fourth-order valence-electron chi connectivity index (χ4n) is 3.68. The van der Waals surface area contributed by atoms with Crippen molar-refractivity contribution < 1.29 is 13.9 Å². The lowest BCUT2D eigenvalue weighted by atomic mass is 10.2. The van der Waals surface area contributed by atoms with Crippen LogP contribution >= 0.6 is 0 Å². The number of halogens is 1. The molecule has 5 rings (SSSR count). The van der Waals surface area contributed by atoms with Crippen molar-refractivity contribution >= 4 is 29.7 Å². The van der Waals surface area contributed by atoms with E-state index < -0.39 is 0 Å². The number of hydrogen-bond acceptors (Lipinski definition) is 9. The number of para-hydroxylation sites is 2. The minimum atomic E-state index is -0.305. The molecule has 1 aromatic heterocycles. The van der Waals surface area contributed by atoms with Gasteiger partial charge in [0.05, 0.1) is 19.4 Å². The van der Waals surface area contributed by atoms with E-state index in [-0.39, 0.29) is 18.4 Å². The van der Waals surface area contributed by atoms with Crippen molar-refractivity contribution in [2.75, 3.05) is 41.9 Å². The van der Waals surface area contributed by atoms with Crippen LogP contribution in [0.15, 0.2) is 84.0 Å². The van der Waals surface area contributed by atoms with Gasteiger partial charge in [-0.3, -0.25) is 0 Å². The Bertz CT molecular complexity index is 1350. The highest BCUT2D eigenvalue weighted by molar-refractivity contribution is 5.83. The summed E-state index contributed by atoms with van der Waals surface area (Å²) in [6, 6.07) is 23.6. The third-order valence-corrected chi connectivity index (χ3v) is 5.58. The second-order valence-corrected chi connectivity index (χ2v) is 8.16. The SMILES string of the molecule is Fc1ccccc1COc1ccccc1/C=N/Nc1nc(Nc2ccccc2)nc(N2CCOCC2)n1. The monoisotopic (exact) mass is 499 g/mol. The Hall–Kier alpha value is -4.57. The molecule has 0 amide bonds. The van der Waals surface area contributed by atoms with Crippen LogP contribution in [0.2, 0.25) is 0 Å². The van der Waals surface area contributed by atoms with Crippen LogP contribution in [0, 0.1) is 5.82 Å². The molecule has 9 nitrogen and oxygen atoms in total. The van der Waals surface area contributed by atoms with Crippen LogP contribution in [-0.2, 0) is 11.3 Å². The number of hydrogen-bond donors (Lipinski definition) is 2. The summed E-state index contributed by atoms with van der Waals surface area (Å²) < 4.78 is 25.3. The summed E-state index contributed by atoms with van der Waals surface area (Å²) in [7, 11) is 0. The number of rotatable bonds is 9. The fourth-order valence-corrected chi connectivity index (χ4v) is 3.68. The second kappa shape index (κ2) is 11.9. The van der Waals surface area contributed by atoms with Crippen LogP contribution in [0.3, 0.4) is 0 Å². The van der Waals surface area contributed by atoms with Gasteiger partial charge in [-0.2, -0.15) is 20.1 Å². The standard InChI is InChI=1S/C27H26FN7O2/c28-23-12-6-4-9-21(23)19-37-24-13-7-5-8-20(24)18-29-34-26-31-25(30-22-10-2-1-3-11-22)32-27(33-26)35-14-16-36-17-15-35/h1-13,18H,14-17,19H2,(H2,30,31,32,33,34)/b29-18+. The highest BCUT2D eigenvalue weighted by atomic mass is 19.1. The number of anilines is 4. The molecule has 1 aliphatic rings. The van der Waals surface area contributed by atoms with Gasteiger partial charge in [-0.25, -0.2) is 9.82 Å². The van der Waals surface area contributed by atoms with Crippen LogP contribution in [0.5, 0.6) is 5.75 Å². The van der Waals surface area contributed by atoms with Gasteiger partial charge in [0.1, 0.15) is 18.2 Å². The molecule has 0 saturated carbocycles. The first kappa shape index (κ1) is 24.1. The molecular weight excluding hydrogens is 473 g/mol. The predicted octanol–water partition coefficient (Wildman–Crippen LogP) is 4.62. The van der Waals surface area contributed by atoms with Gasteiger partial charge in [0.2, 0.25) is 17.8 Å². The molecule has 0 spiro atoms. The first-order chi connectivity index (χ1) is 18.2. The highest BCUT2D eigenvalue weighted by Gasteiger charge is 2.17. The summed E-state index contributed by atoms with van der Waals surface area (Å²) in [5.74, 6) is 1.49. The van der Waals surface area contributed by atoms with E-state index in [1.165, 1.54) is 6.07 Å². The Balaban J connectivity index is 1.32. The molecule has 0 atom stereocenters. The van der Waals surface area contributed by atoms with Gasteiger partial charge < -0.3 is 19.7 Å². The molecule has 4 aromatic rings. The average Bonchev–Trinajstić information content (AvgIpc) is 2.94. The molecule has 3 aromatic carbocycles. The summed E-state index contributed by atoms with van der Waals surface area (Å²) >= 11 is 0. The molecule has 188 valence electrons. The van der Waals surface area contributed by atoms with Crippen molar-refractivity contribution in [3.63, 3.8) is 0 Å². The molecule has 1 fully saturated rings. The number of hydrazone groups is 1. The van der Waals surface area contributed by atoms with Gasteiger partial charge in [0.15, 0.2) is 0 Å². The van der Waals surface area contributed by atoms with Gasteiger partial charge in [0.25, 0.3) is 0 Å². The first-order valence-electron chi connectivity index (χ1n) is 11.9. The lowest BCUT2D eigenvalue weighted by molar-refractivity contribution is 0.122. The number of nitrogens with zero attached hydrogens (tertiary/aromatic N) is 5. The maximum Gasteiger partial charge on any atom is 0.250 e. The molecular formula is C27H26FN7O2. The van der Waals surface area contributed by atoms with Crippen molar-refractivity contribution in [3.8, 4) is 5.75 Å². The van der Waals surface area contributed by atoms with Gasteiger partial charge in [-0.1, -0.05) is 48.5 Å². The van der Waals surface area contributed by atoms with Gasteiger partial charge >= 0.3 is 0 Å². The molecule has 0 bridgehead atoms. The Kier molecular flexibility index (Phi) is 7.77. The Morgan fingerprint density at radius 3 is 2.46 bits per heavy atom. The van der Waals surface area contributed by atoms with Crippen molar-refractivity contribution in [3.05, 3.63) is 95.8 Å². The van der Waals surface area contributed by atoms with Crippen LogP contribution in [0.1, 0.15) is 11.1 Å². The average molecular weight is 500 g/mol. The van der Waals surface area contributed by atoms with Crippen molar-refractivity contribution in [2.45, 2.75) is 6.61 Å². The minimum absolute atomic E-state index is 0.107. The zero-order valence-corrected chi connectivity index (χ0v) is 20.0. The lowest BCUT2D eigenvalue weighted by Gasteiger charge is -2.27. The molecule has 1 saturated heterocycles. The topological polar surface area (TPSA) is 96.8 Å².